The molecular formula is C20H18ClN3O4S2. The molecule has 0 spiro atoms. The Morgan fingerprint density at radius 3 is 2.63 bits per heavy atom. The van der Waals surface area contributed by atoms with Crippen molar-refractivity contribution >= 4 is 50.3 Å². The number of halogens is 1. The highest BCUT2D eigenvalue weighted by Gasteiger charge is 2.36. The number of rotatable bonds is 6. The van der Waals surface area contributed by atoms with Crippen LogP contribution in [0.2, 0.25) is 5.22 Å². The molecule has 7 nitrogen and oxygen atoms in total. The van der Waals surface area contributed by atoms with Gasteiger partial charge < -0.3 is 4.42 Å². The summed E-state index contributed by atoms with van der Waals surface area (Å²) in [5.74, 6) is 0.329. The Morgan fingerprint density at radius 1 is 1.27 bits per heavy atom. The summed E-state index contributed by atoms with van der Waals surface area (Å²) in [7, 11) is -3.35. The first-order valence-electron chi connectivity index (χ1n) is 9.17. The normalized spacial score (nSPS) is 16.5. The Kier molecular flexibility index (Phi) is 5.68. The first kappa shape index (κ1) is 20.6. The molecule has 1 atom stereocenters. The van der Waals surface area contributed by atoms with Gasteiger partial charge in [0.25, 0.3) is 5.91 Å². The molecule has 0 aliphatic carbocycles. The van der Waals surface area contributed by atoms with Crippen molar-refractivity contribution in [3.8, 4) is 0 Å². The Morgan fingerprint density at radius 2 is 2.03 bits per heavy atom. The minimum atomic E-state index is -3.35. The van der Waals surface area contributed by atoms with Gasteiger partial charge in [-0.05, 0) is 59.8 Å². The molecule has 3 aromatic rings. The molecule has 0 bridgehead atoms. The Bertz CT molecular complexity index is 1190. The van der Waals surface area contributed by atoms with E-state index >= 15 is 0 Å². The third-order valence-corrected chi connectivity index (χ3v) is 7.01. The van der Waals surface area contributed by atoms with Crippen LogP contribution in [0.5, 0.6) is 0 Å². The smallest absolute Gasteiger partial charge is 0.284 e. The summed E-state index contributed by atoms with van der Waals surface area (Å²) in [4.78, 5) is 13.6. The standard InChI is InChI=1S/C20H18ClN3O4S2/c1-2-30(26,27)23-14-7-5-13(6-8-14)15-12-16(17-9-10-19(21)28-17)24(22-15)20(25)18-4-3-11-29-18/h3-11,16,23H,2,12H2,1H3/t16-/m0/s1. The van der Waals surface area contributed by atoms with Crippen LogP contribution in [0, 0.1) is 0 Å². The van der Waals surface area contributed by atoms with E-state index in [1.165, 1.54) is 16.3 Å². The number of anilines is 1. The summed E-state index contributed by atoms with van der Waals surface area (Å²) in [5, 5.41) is 8.07. The molecule has 30 heavy (non-hydrogen) atoms. The Labute approximate surface area is 183 Å². The minimum Gasteiger partial charge on any atom is -0.447 e. The van der Waals surface area contributed by atoms with Gasteiger partial charge >= 0.3 is 0 Å². The minimum absolute atomic E-state index is 0.00532. The second-order valence-electron chi connectivity index (χ2n) is 6.62. The van der Waals surface area contributed by atoms with Gasteiger partial charge in [-0.2, -0.15) is 5.10 Å². The third kappa shape index (κ3) is 4.28. The third-order valence-electron chi connectivity index (χ3n) is 4.64. The highest BCUT2D eigenvalue weighted by Crippen LogP contribution is 2.36. The Hall–Kier alpha value is -2.62. The highest BCUT2D eigenvalue weighted by molar-refractivity contribution is 7.92. The summed E-state index contributed by atoms with van der Waals surface area (Å²) in [5.41, 5.74) is 1.96. The average molecular weight is 464 g/mol. The zero-order valence-electron chi connectivity index (χ0n) is 15.9. The van der Waals surface area contributed by atoms with Crippen molar-refractivity contribution in [2.24, 2.45) is 5.10 Å². The lowest BCUT2D eigenvalue weighted by molar-refractivity contribution is 0.0698. The van der Waals surface area contributed by atoms with Gasteiger partial charge in [0.1, 0.15) is 11.8 Å². The number of hydrazone groups is 1. The van der Waals surface area contributed by atoms with Gasteiger partial charge in [0.15, 0.2) is 5.22 Å². The van der Waals surface area contributed by atoms with Crippen LogP contribution >= 0.6 is 22.9 Å². The Balaban J connectivity index is 1.63. The highest BCUT2D eigenvalue weighted by atomic mass is 35.5. The summed E-state index contributed by atoms with van der Waals surface area (Å²) in [6.45, 7) is 1.57. The maximum absolute atomic E-state index is 13.0. The van der Waals surface area contributed by atoms with E-state index in [-0.39, 0.29) is 16.9 Å². The lowest BCUT2D eigenvalue weighted by Gasteiger charge is -2.19. The summed E-state index contributed by atoms with van der Waals surface area (Å²) < 4.78 is 31.6. The van der Waals surface area contributed by atoms with Crippen LogP contribution < -0.4 is 4.72 Å². The van der Waals surface area contributed by atoms with Crippen LogP contribution in [-0.2, 0) is 10.0 Å². The molecule has 1 N–H and O–H groups in total. The molecule has 0 saturated heterocycles. The van der Waals surface area contributed by atoms with Crippen LogP contribution in [0.3, 0.4) is 0 Å². The number of hydrogen-bond donors (Lipinski definition) is 1. The molecule has 0 fully saturated rings. The van der Waals surface area contributed by atoms with Crippen LogP contribution in [0.4, 0.5) is 5.69 Å². The predicted molar refractivity (Wildman–Crippen MR) is 118 cm³/mol. The van der Waals surface area contributed by atoms with E-state index in [1.54, 1.807) is 49.4 Å². The van der Waals surface area contributed by atoms with Gasteiger partial charge in [-0.3, -0.25) is 9.52 Å². The van der Waals surface area contributed by atoms with Gasteiger partial charge in [-0.1, -0.05) is 18.2 Å². The second-order valence-corrected chi connectivity index (χ2v) is 9.95. The molecule has 1 amide bonds. The lowest BCUT2D eigenvalue weighted by Crippen LogP contribution is -2.26. The molecule has 1 aromatic carbocycles. The molecule has 1 aliphatic heterocycles. The number of sulfonamides is 1. The molecule has 10 heteroatoms. The maximum atomic E-state index is 13.0. The van der Waals surface area contributed by atoms with Crippen LogP contribution in [0.15, 0.2) is 63.4 Å². The number of nitrogens with one attached hydrogen (secondary N) is 1. The summed E-state index contributed by atoms with van der Waals surface area (Å²) in [6.07, 6.45) is 0.445. The molecule has 1 aliphatic rings. The van der Waals surface area contributed by atoms with Crippen molar-refractivity contribution in [1.82, 2.24) is 5.01 Å². The monoisotopic (exact) mass is 463 g/mol. The SMILES string of the molecule is CCS(=O)(=O)Nc1ccc(C2=NN(C(=O)c3cccs3)[C@H](c3ccc(Cl)o3)C2)cc1. The fourth-order valence-corrected chi connectivity index (χ4v) is 4.54. The zero-order valence-corrected chi connectivity index (χ0v) is 18.3. The molecule has 0 radical (unpaired) electrons. The van der Waals surface area contributed by atoms with Gasteiger partial charge in [0.2, 0.25) is 10.0 Å². The van der Waals surface area contributed by atoms with E-state index in [0.29, 0.717) is 28.5 Å². The molecule has 2 aromatic heterocycles. The zero-order chi connectivity index (χ0) is 21.3. The van der Waals surface area contributed by atoms with Crippen molar-refractivity contribution in [1.29, 1.82) is 0 Å². The molecular weight excluding hydrogens is 446 g/mol. The second kappa shape index (κ2) is 8.25. The predicted octanol–water partition coefficient (Wildman–Crippen LogP) is 4.75. The van der Waals surface area contributed by atoms with Crippen LogP contribution in [0.1, 0.15) is 40.4 Å². The van der Waals surface area contributed by atoms with E-state index in [0.717, 1.165) is 5.56 Å². The molecule has 0 unspecified atom stereocenters. The number of thiophene rings is 1. The van der Waals surface area contributed by atoms with Crippen LogP contribution in [0.25, 0.3) is 0 Å². The van der Waals surface area contributed by atoms with Gasteiger partial charge in [0, 0.05) is 12.1 Å². The first-order valence-corrected chi connectivity index (χ1v) is 12.1. The maximum Gasteiger partial charge on any atom is 0.284 e. The van der Waals surface area contributed by atoms with Crippen molar-refractivity contribution in [2.75, 3.05) is 10.5 Å². The molecule has 0 saturated carbocycles. The summed E-state index contributed by atoms with van der Waals surface area (Å²) >= 11 is 7.28. The quantitative estimate of drug-likeness (QED) is 0.571. The van der Waals surface area contributed by atoms with Gasteiger partial charge in [-0.25, -0.2) is 13.4 Å². The fraction of sp³-hybridized carbons (Fsp3) is 0.200. The van der Waals surface area contributed by atoms with Crippen molar-refractivity contribution < 1.29 is 17.6 Å². The molecule has 156 valence electrons. The average Bonchev–Trinajstić information content (AvgIpc) is 3.48. The van der Waals surface area contributed by atoms with Crippen molar-refractivity contribution in [3.05, 3.63) is 75.3 Å². The van der Waals surface area contributed by atoms with E-state index in [2.05, 4.69) is 9.82 Å². The summed E-state index contributed by atoms with van der Waals surface area (Å²) in [6, 6.07) is 13.4. The van der Waals surface area contributed by atoms with Gasteiger partial charge in [-0.15, -0.1) is 11.3 Å². The number of nitrogens with zero attached hydrogens (tertiary/aromatic N) is 2. The fourth-order valence-electron chi connectivity index (χ4n) is 3.10. The number of amides is 1. The number of hydrogen-bond acceptors (Lipinski definition) is 6. The lowest BCUT2D eigenvalue weighted by atomic mass is 10.0. The largest absolute Gasteiger partial charge is 0.447 e. The van der Waals surface area contributed by atoms with Crippen molar-refractivity contribution in [2.45, 2.75) is 19.4 Å². The molecule has 4 rings (SSSR count). The number of furan rings is 1. The van der Waals surface area contributed by atoms with Crippen molar-refractivity contribution in [3.63, 3.8) is 0 Å². The first-order chi connectivity index (χ1) is 14.4. The van der Waals surface area contributed by atoms with Crippen LogP contribution in [-0.4, -0.2) is 30.8 Å². The van der Waals surface area contributed by atoms with E-state index in [9.17, 15) is 13.2 Å². The number of carbonyl (C=O) groups is 1. The van der Waals surface area contributed by atoms with E-state index in [1.807, 2.05) is 11.4 Å². The molecule has 3 heterocycles. The number of benzene rings is 1. The van der Waals surface area contributed by atoms with E-state index < -0.39 is 16.1 Å². The van der Waals surface area contributed by atoms with Gasteiger partial charge in [0.05, 0.1) is 16.3 Å². The number of carbonyl (C=O) groups excluding carboxylic acids is 1. The topological polar surface area (TPSA) is 92.0 Å². The van der Waals surface area contributed by atoms with E-state index in [4.69, 9.17) is 16.0 Å².